The van der Waals surface area contributed by atoms with Crippen molar-refractivity contribution in [3.8, 4) is 5.75 Å². The van der Waals surface area contributed by atoms with Gasteiger partial charge in [0.1, 0.15) is 6.61 Å². The molecule has 0 unspecified atom stereocenters. The number of nitrogens with one attached hydrogen (secondary N) is 2. The molecular formula is C16H17N3O2. The summed E-state index contributed by atoms with van der Waals surface area (Å²) in [4.78, 5) is 16.4. The van der Waals surface area contributed by atoms with Gasteiger partial charge in [0.2, 0.25) is 0 Å². The van der Waals surface area contributed by atoms with Crippen LogP contribution in [0.4, 0.5) is 5.69 Å². The third-order valence-electron chi connectivity index (χ3n) is 3.50. The first-order chi connectivity index (χ1) is 10.3. The molecule has 1 aliphatic heterocycles. The molecule has 0 atom stereocenters. The van der Waals surface area contributed by atoms with Gasteiger partial charge in [-0.25, -0.2) is 0 Å². The van der Waals surface area contributed by atoms with Gasteiger partial charge in [0, 0.05) is 25.5 Å². The Morgan fingerprint density at radius 2 is 2.33 bits per heavy atom. The van der Waals surface area contributed by atoms with Crippen molar-refractivity contribution in [2.24, 2.45) is 0 Å². The number of nitrogens with zero attached hydrogens (tertiary/aromatic N) is 1. The molecule has 1 aromatic carbocycles. The molecule has 21 heavy (non-hydrogen) atoms. The van der Waals surface area contributed by atoms with Gasteiger partial charge in [-0.3, -0.25) is 9.78 Å². The average Bonchev–Trinajstić information content (AvgIpc) is 2.53. The van der Waals surface area contributed by atoms with Gasteiger partial charge in [-0.15, -0.1) is 0 Å². The standard InChI is InChI=1S/C16H17N3O2/c1-11-9-17-6-5-12(11)10-19-16(20)13-3-2-4-14-15(13)21-8-7-18-14/h2-6,9,18H,7-8,10H2,1H3,(H,19,20). The summed E-state index contributed by atoms with van der Waals surface area (Å²) in [5.41, 5.74) is 3.55. The first-order valence-electron chi connectivity index (χ1n) is 6.93. The highest BCUT2D eigenvalue weighted by atomic mass is 16.5. The van der Waals surface area contributed by atoms with Crippen molar-refractivity contribution in [1.29, 1.82) is 0 Å². The SMILES string of the molecule is Cc1cnccc1CNC(=O)c1cccc2c1OCCN2. The van der Waals surface area contributed by atoms with Crippen molar-refractivity contribution in [2.75, 3.05) is 18.5 Å². The number of rotatable bonds is 3. The van der Waals surface area contributed by atoms with Gasteiger partial charge in [0.15, 0.2) is 5.75 Å². The Morgan fingerprint density at radius 3 is 3.19 bits per heavy atom. The summed E-state index contributed by atoms with van der Waals surface area (Å²) >= 11 is 0. The van der Waals surface area contributed by atoms with Gasteiger partial charge in [-0.1, -0.05) is 6.07 Å². The molecule has 5 heteroatoms. The molecule has 0 radical (unpaired) electrons. The van der Waals surface area contributed by atoms with E-state index in [9.17, 15) is 4.79 Å². The Morgan fingerprint density at radius 1 is 1.43 bits per heavy atom. The van der Waals surface area contributed by atoms with Crippen LogP contribution in [0.1, 0.15) is 21.5 Å². The molecule has 2 N–H and O–H groups in total. The van der Waals surface area contributed by atoms with Gasteiger partial charge < -0.3 is 15.4 Å². The molecule has 0 fully saturated rings. The minimum Gasteiger partial charge on any atom is -0.489 e. The van der Waals surface area contributed by atoms with E-state index in [1.807, 2.05) is 25.1 Å². The number of ether oxygens (including phenoxy) is 1. The number of benzene rings is 1. The maximum absolute atomic E-state index is 12.4. The van der Waals surface area contributed by atoms with E-state index in [0.29, 0.717) is 24.5 Å². The van der Waals surface area contributed by atoms with Crippen LogP contribution in [0.25, 0.3) is 0 Å². The molecule has 5 nitrogen and oxygen atoms in total. The van der Waals surface area contributed by atoms with Crippen molar-refractivity contribution in [2.45, 2.75) is 13.5 Å². The molecule has 0 saturated carbocycles. The van der Waals surface area contributed by atoms with Crippen LogP contribution in [0.5, 0.6) is 5.75 Å². The van der Waals surface area contributed by atoms with Crippen LogP contribution in [0.3, 0.4) is 0 Å². The lowest BCUT2D eigenvalue weighted by Gasteiger charge is -2.21. The lowest BCUT2D eigenvalue weighted by atomic mass is 10.1. The first kappa shape index (κ1) is 13.4. The molecule has 2 heterocycles. The number of pyridine rings is 1. The summed E-state index contributed by atoms with van der Waals surface area (Å²) < 4.78 is 5.62. The van der Waals surface area contributed by atoms with E-state index < -0.39 is 0 Å². The third-order valence-corrected chi connectivity index (χ3v) is 3.50. The number of fused-ring (bicyclic) bond motifs is 1. The topological polar surface area (TPSA) is 63.2 Å². The zero-order valence-electron chi connectivity index (χ0n) is 11.8. The number of amides is 1. The van der Waals surface area contributed by atoms with E-state index in [1.54, 1.807) is 18.5 Å². The van der Waals surface area contributed by atoms with Crippen LogP contribution in [0.2, 0.25) is 0 Å². The highest BCUT2D eigenvalue weighted by molar-refractivity contribution is 5.98. The van der Waals surface area contributed by atoms with E-state index >= 15 is 0 Å². The number of hydrogen-bond acceptors (Lipinski definition) is 4. The predicted octanol–water partition coefficient (Wildman–Crippen LogP) is 2.12. The Bertz CT molecular complexity index is 670. The first-order valence-corrected chi connectivity index (χ1v) is 6.93. The monoisotopic (exact) mass is 283 g/mol. The molecule has 0 aliphatic carbocycles. The maximum Gasteiger partial charge on any atom is 0.255 e. The second kappa shape index (κ2) is 5.83. The quantitative estimate of drug-likeness (QED) is 0.905. The second-order valence-corrected chi connectivity index (χ2v) is 4.94. The minimum absolute atomic E-state index is 0.133. The number of carbonyl (C=O) groups is 1. The Labute approximate surface area is 123 Å². The zero-order valence-corrected chi connectivity index (χ0v) is 11.8. The van der Waals surface area contributed by atoms with Crippen LogP contribution in [-0.2, 0) is 6.54 Å². The lowest BCUT2D eigenvalue weighted by Crippen LogP contribution is -2.26. The Kier molecular flexibility index (Phi) is 3.73. The van der Waals surface area contributed by atoms with Crippen molar-refractivity contribution in [1.82, 2.24) is 10.3 Å². The number of aromatic nitrogens is 1. The van der Waals surface area contributed by atoms with Crippen LogP contribution in [-0.4, -0.2) is 24.0 Å². The summed E-state index contributed by atoms with van der Waals surface area (Å²) in [6.07, 6.45) is 3.52. The van der Waals surface area contributed by atoms with Crippen LogP contribution in [0, 0.1) is 6.92 Å². The summed E-state index contributed by atoms with van der Waals surface area (Å²) in [5.74, 6) is 0.500. The minimum atomic E-state index is -0.133. The largest absolute Gasteiger partial charge is 0.489 e. The van der Waals surface area contributed by atoms with Gasteiger partial charge >= 0.3 is 0 Å². The number of para-hydroxylation sites is 1. The van der Waals surface area contributed by atoms with E-state index in [4.69, 9.17) is 4.74 Å². The fourth-order valence-corrected chi connectivity index (χ4v) is 2.32. The van der Waals surface area contributed by atoms with Crippen molar-refractivity contribution >= 4 is 11.6 Å². The van der Waals surface area contributed by atoms with Gasteiger partial charge in [0.05, 0.1) is 11.3 Å². The smallest absolute Gasteiger partial charge is 0.255 e. The van der Waals surface area contributed by atoms with E-state index in [2.05, 4.69) is 15.6 Å². The van der Waals surface area contributed by atoms with Crippen molar-refractivity contribution in [3.63, 3.8) is 0 Å². The van der Waals surface area contributed by atoms with Gasteiger partial charge in [-0.05, 0) is 36.2 Å². The summed E-state index contributed by atoms with van der Waals surface area (Å²) in [6.45, 7) is 3.78. The van der Waals surface area contributed by atoms with Gasteiger partial charge in [-0.2, -0.15) is 0 Å². The van der Waals surface area contributed by atoms with Crippen molar-refractivity contribution < 1.29 is 9.53 Å². The lowest BCUT2D eigenvalue weighted by molar-refractivity contribution is 0.0946. The van der Waals surface area contributed by atoms with Gasteiger partial charge in [0.25, 0.3) is 5.91 Å². The van der Waals surface area contributed by atoms with E-state index in [1.165, 1.54) is 0 Å². The molecule has 3 rings (SSSR count). The third kappa shape index (κ3) is 2.81. The Hall–Kier alpha value is -2.56. The highest BCUT2D eigenvalue weighted by Crippen LogP contribution is 2.31. The van der Waals surface area contributed by atoms with Crippen LogP contribution in [0.15, 0.2) is 36.7 Å². The zero-order chi connectivity index (χ0) is 14.7. The number of hydrogen-bond donors (Lipinski definition) is 2. The fourth-order valence-electron chi connectivity index (χ4n) is 2.32. The molecule has 1 aromatic heterocycles. The molecule has 108 valence electrons. The molecule has 1 amide bonds. The number of carbonyl (C=O) groups excluding carboxylic acids is 1. The van der Waals surface area contributed by atoms with E-state index in [-0.39, 0.29) is 5.91 Å². The number of anilines is 1. The Balaban J connectivity index is 1.76. The van der Waals surface area contributed by atoms with Crippen molar-refractivity contribution in [3.05, 3.63) is 53.3 Å². The molecule has 0 saturated heterocycles. The normalized spacial score (nSPS) is 12.8. The average molecular weight is 283 g/mol. The van der Waals surface area contributed by atoms with E-state index in [0.717, 1.165) is 23.4 Å². The summed E-state index contributed by atoms with van der Waals surface area (Å²) in [5, 5.41) is 6.16. The second-order valence-electron chi connectivity index (χ2n) is 4.94. The predicted molar refractivity (Wildman–Crippen MR) is 80.6 cm³/mol. The highest BCUT2D eigenvalue weighted by Gasteiger charge is 2.18. The fraction of sp³-hybridized carbons (Fsp3) is 0.250. The van der Waals surface area contributed by atoms with Crippen LogP contribution < -0.4 is 15.4 Å². The summed E-state index contributed by atoms with van der Waals surface area (Å²) in [7, 11) is 0. The molecule has 2 aromatic rings. The molecule has 0 bridgehead atoms. The summed E-state index contributed by atoms with van der Waals surface area (Å²) in [6, 6.07) is 7.46. The molecular weight excluding hydrogens is 266 g/mol. The maximum atomic E-state index is 12.4. The number of aryl methyl sites for hydroxylation is 1. The molecule has 1 aliphatic rings. The van der Waals surface area contributed by atoms with Crippen LogP contribution >= 0.6 is 0 Å². The molecule has 0 spiro atoms.